The van der Waals surface area contributed by atoms with Crippen LogP contribution in [0.3, 0.4) is 0 Å². The van der Waals surface area contributed by atoms with E-state index in [9.17, 15) is 5.11 Å². The molecule has 2 aromatic rings. The van der Waals surface area contributed by atoms with E-state index in [1.807, 2.05) is 13.0 Å². The molecular formula is C13H15BrN2O3. The average Bonchev–Trinajstić information content (AvgIpc) is 2.79. The van der Waals surface area contributed by atoms with E-state index in [4.69, 9.17) is 9.15 Å². The molecule has 0 atom stereocenters. The normalized spacial score (nSPS) is 10.7. The number of halogens is 1. The molecule has 5 nitrogen and oxygen atoms in total. The number of hydrogen-bond donors (Lipinski definition) is 2. The van der Waals surface area contributed by atoms with E-state index in [1.54, 1.807) is 12.3 Å². The van der Waals surface area contributed by atoms with Gasteiger partial charge in [-0.2, -0.15) is 0 Å². The van der Waals surface area contributed by atoms with Crippen molar-refractivity contribution in [3.8, 4) is 11.5 Å². The number of ether oxygens (including phenoxy) is 1. The van der Waals surface area contributed by atoms with Crippen LogP contribution in [0.4, 0.5) is 0 Å². The lowest BCUT2D eigenvalue weighted by atomic mass is 10.2. The molecule has 0 aliphatic heterocycles. The van der Waals surface area contributed by atoms with Gasteiger partial charge in [0.25, 0.3) is 0 Å². The van der Waals surface area contributed by atoms with Gasteiger partial charge >= 0.3 is 0 Å². The number of benzene rings is 1. The van der Waals surface area contributed by atoms with Gasteiger partial charge in [-0.15, -0.1) is 0 Å². The van der Waals surface area contributed by atoms with Crippen LogP contribution in [0.15, 0.2) is 27.2 Å². The van der Waals surface area contributed by atoms with Gasteiger partial charge in [0, 0.05) is 6.54 Å². The minimum Gasteiger partial charge on any atom is -0.503 e. The molecule has 0 bridgehead atoms. The maximum absolute atomic E-state index is 9.71. The summed E-state index contributed by atoms with van der Waals surface area (Å²) in [6.45, 7) is 3.03. The number of hydrogen-bond acceptors (Lipinski definition) is 5. The number of aromatic nitrogens is 1. The molecule has 0 fully saturated rings. The Morgan fingerprint density at radius 1 is 1.42 bits per heavy atom. The number of rotatable bonds is 5. The molecule has 0 aliphatic carbocycles. The fourth-order valence-corrected chi connectivity index (χ4v) is 2.17. The second-order valence-electron chi connectivity index (χ2n) is 4.10. The topological polar surface area (TPSA) is 67.5 Å². The monoisotopic (exact) mass is 326 g/mol. The van der Waals surface area contributed by atoms with Crippen molar-refractivity contribution in [2.75, 3.05) is 7.11 Å². The third-order valence-corrected chi connectivity index (χ3v) is 3.19. The predicted molar refractivity (Wildman–Crippen MR) is 74.1 cm³/mol. The van der Waals surface area contributed by atoms with Crippen molar-refractivity contribution in [2.24, 2.45) is 0 Å². The highest BCUT2D eigenvalue weighted by molar-refractivity contribution is 9.10. The van der Waals surface area contributed by atoms with E-state index < -0.39 is 0 Å². The molecule has 2 rings (SSSR count). The lowest BCUT2D eigenvalue weighted by molar-refractivity contribution is 0.371. The van der Waals surface area contributed by atoms with E-state index in [-0.39, 0.29) is 5.75 Å². The summed E-state index contributed by atoms with van der Waals surface area (Å²) in [5.41, 5.74) is 0.991. The molecule has 1 aromatic heterocycles. The molecule has 2 N–H and O–H groups in total. The number of nitrogens with one attached hydrogen (secondary N) is 1. The quantitative estimate of drug-likeness (QED) is 0.884. The fraction of sp³-hybridized carbons (Fsp3) is 0.308. The van der Waals surface area contributed by atoms with Gasteiger partial charge < -0.3 is 19.6 Å². The van der Waals surface area contributed by atoms with Crippen LogP contribution in [0.1, 0.15) is 17.2 Å². The van der Waals surface area contributed by atoms with Crippen molar-refractivity contribution >= 4 is 15.9 Å². The third kappa shape index (κ3) is 3.48. The minimum atomic E-state index is 0.106. The molecule has 1 aromatic carbocycles. The van der Waals surface area contributed by atoms with Gasteiger partial charge in [0.15, 0.2) is 11.5 Å². The lowest BCUT2D eigenvalue weighted by Gasteiger charge is -2.09. The van der Waals surface area contributed by atoms with Crippen LogP contribution in [0.25, 0.3) is 0 Å². The Hall–Kier alpha value is -1.53. The van der Waals surface area contributed by atoms with Crippen molar-refractivity contribution in [3.05, 3.63) is 40.0 Å². The number of aryl methyl sites for hydroxylation is 1. The highest BCUT2D eigenvalue weighted by Gasteiger charge is 2.08. The standard InChI is InChI=1S/C13H15BrN2O3/c1-8-5-16-12(19-8)7-15-6-9-3-10(14)13(17)11(4-9)18-2/h3-5,15,17H,6-7H2,1-2H3. The predicted octanol–water partition coefficient (Wildman–Crippen LogP) is 2.75. The zero-order valence-corrected chi connectivity index (χ0v) is 12.3. The SMILES string of the molecule is COc1cc(CNCc2ncc(C)o2)cc(Br)c1O. The first-order valence-electron chi connectivity index (χ1n) is 5.77. The lowest BCUT2D eigenvalue weighted by Crippen LogP contribution is -2.13. The molecule has 0 spiro atoms. The first-order valence-corrected chi connectivity index (χ1v) is 6.57. The molecule has 0 unspecified atom stereocenters. The molecule has 0 saturated carbocycles. The van der Waals surface area contributed by atoms with Gasteiger partial charge in [0.2, 0.25) is 5.89 Å². The molecule has 0 saturated heterocycles. The average molecular weight is 327 g/mol. The van der Waals surface area contributed by atoms with Gasteiger partial charge in [-0.05, 0) is 40.5 Å². The molecule has 1 heterocycles. The van der Waals surface area contributed by atoms with Crippen molar-refractivity contribution in [2.45, 2.75) is 20.0 Å². The summed E-state index contributed by atoms with van der Waals surface area (Å²) < 4.78 is 11.1. The number of oxazole rings is 1. The van der Waals surface area contributed by atoms with Crippen LogP contribution in [-0.2, 0) is 13.1 Å². The van der Waals surface area contributed by atoms with Crippen LogP contribution >= 0.6 is 15.9 Å². The summed E-state index contributed by atoms with van der Waals surface area (Å²) in [7, 11) is 1.52. The largest absolute Gasteiger partial charge is 0.503 e. The minimum absolute atomic E-state index is 0.106. The number of phenolic OH excluding ortho intramolecular Hbond substituents is 1. The van der Waals surface area contributed by atoms with E-state index in [1.165, 1.54) is 7.11 Å². The molecular weight excluding hydrogens is 312 g/mol. The molecule has 0 aliphatic rings. The Labute approximate surface area is 119 Å². The first-order chi connectivity index (χ1) is 9.10. The highest BCUT2D eigenvalue weighted by Crippen LogP contribution is 2.35. The number of nitrogens with zero attached hydrogens (tertiary/aromatic N) is 1. The van der Waals surface area contributed by atoms with E-state index >= 15 is 0 Å². The van der Waals surface area contributed by atoms with Crippen molar-refractivity contribution in [1.82, 2.24) is 10.3 Å². The zero-order valence-electron chi connectivity index (χ0n) is 10.7. The van der Waals surface area contributed by atoms with Crippen molar-refractivity contribution in [1.29, 1.82) is 0 Å². The molecule has 6 heteroatoms. The van der Waals surface area contributed by atoms with Gasteiger partial charge in [-0.1, -0.05) is 0 Å². The van der Waals surface area contributed by atoms with Crippen LogP contribution in [0, 0.1) is 6.92 Å². The number of aromatic hydroxyl groups is 1. The van der Waals surface area contributed by atoms with Crippen LogP contribution in [-0.4, -0.2) is 17.2 Å². The van der Waals surface area contributed by atoms with Gasteiger partial charge in [0.1, 0.15) is 5.76 Å². The van der Waals surface area contributed by atoms with Gasteiger partial charge in [-0.3, -0.25) is 0 Å². The third-order valence-electron chi connectivity index (χ3n) is 2.58. The fourth-order valence-electron chi connectivity index (χ4n) is 1.68. The molecule has 0 radical (unpaired) electrons. The first kappa shape index (κ1) is 13.9. The molecule has 0 amide bonds. The number of phenols is 1. The smallest absolute Gasteiger partial charge is 0.208 e. The summed E-state index contributed by atoms with van der Waals surface area (Å²) in [6.07, 6.45) is 1.69. The Kier molecular flexibility index (Phi) is 4.44. The second kappa shape index (κ2) is 6.08. The Morgan fingerprint density at radius 2 is 2.21 bits per heavy atom. The molecule has 102 valence electrons. The zero-order chi connectivity index (χ0) is 13.8. The maximum atomic E-state index is 9.71. The van der Waals surface area contributed by atoms with Crippen LogP contribution < -0.4 is 10.1 Å². The van der Waals surface area contributed by atoms with Crippen molar-refractivity contribution in [3.63, 3.8) is 0 Å². The van der Waals surface area contributed by atoms with Gasteiger partial charge in [0.05, 0.1) is 24.3 Å². The Morgan fingerprint density at radius 3 is 2.84 bits per heavy atom. The number of methoxy groups -OCH3 is 1. The summed E-state index contributed by atoms with van der Waals surface area (Å²) in [6, 6.07) is 3.62. The second-order valence-corrected chi connectivity index (χ2v) is 4.95. The summed E-state index contributed by atoms with van der Waals surface area (Å²) in [4.78, 5) is 4.11. The van der Waals surface area contributed by atoms with E-state index in [2.05, 4.69) is 26.2 Å². The summed E-state index contributed by atoms with van der Waals surface area (Å²) in [5.74, 6) is 2.00. The molecule has 19 heavy (non-hydrogen) atoms. The Balaban J connectivity index is 1.98. The Bertz CT molecular complexity index is 569. The maximum Gasteiger partial charge on any atom is 0.208 e. The van der Waals surface area contributed by atoms with E-state index in [0.717, 1.165) is 11.3 Å². The van der Waals surface area contributed by atoms with E-state index in [0.29, 0.717) is 29.2 Å². The highest BCUT2D eigenvalue weighted by atomic mass is 79.9. The van der Waals surface area contributed by atoms with Crippen LogP contribution in [0.2, 0.25) is 0 Å². The summed E-state index contributed by atoms with van der Waals surface area (Å²) in [5, 5.41) is 12.9. The van der Waals surface area contributed by atoms with Crippen LogP contribution in [0.5, 0.6) is 11.5 Å². The van der Waals surface area contributed by atoms with Crippen molar-refractivity contribution < 1.29 is 14.3 Å². The summed E-state index contributed by atoms with van der Waals surface area (Å²) >= 11 is 3.29. The van der Waals surface area contributed by atoms with Gasteiger partial charge in [-0.25, -0.2) is 4.98 Å².